The highest BCUT2D eigenvalue weighted by atomic mass is 35.5. The van der Waals surface area contributed by atoms with Gasteiger partial charge in [-0.2, -0.15) is 0 Å². The van der Waals surface area contributed by atoms with E-state index in [1.165, 1.54) is 12.2 Å². The number of halogens is 1. The van der Waals surface area contributed by atoms with Crippen molar-refractivity contribution >= 4 is 23.6 Å². The van der Waals surface area contributed by atoms with Crippen LogP contribution in [0.15, 0.2) is 30.8 Å². The average molecular weight is 282 g/mol. The van der Waals surface area contributed by atoms with Crippen LogP contribution in [-0.4, -0.2) is 30.5 Å². The number of alkyl halides is 1. The van der Waals surface area contributed by atoms with Gasteiger partial charge in [-0.1, -0.05) is 36.9 Å². The largest absolute Gasteiger partial charge is 0.275 e. The Morgan fingerprint density at radius 1 is 1.53 bits per heavy atom. The topological polar surface area (TPSA) is 29.5 Å². The SMILES string of the molecule is C=Cc1ccccc1CC(C(=O)N(C)OC)C(C)Cl. The van der Waals surface area contributed by atoms with E-state index in [2.05, 4.69) is 6.58 Å². The number of rotatable bonds is 6. The second kappa shape index (κ2) is 7.31. The molecule has 1 aromatic rings. The van der Waals surface area contributed by atoms with Crippen LogP contribution in [0.5, 0.6) is 0 Å². The fourth-order valence-electron chi connectivity index (χ4n) is 1.93. The van der Waals surface area contributed by atoms with E-state index in [0.717, 1.165) is 11.1 Å². The Kier molecular flexibility index (Phi) is 6.06. The van der Waals surface area contributed by atoms with Crippen LogP contribution in [0.3, 0.4) is 0 Å². The molecule has 0 saturated carbocycles. The standard InChI is InChI=1S/C15H20ClNO2/c1-5-12-8-6-7-9-13(12)10-14(11(2)16)15(18)17(3)19-4/h5-9,11,14H,1,10H2,2-4H3. The number of carbonyl (C=O) groups excluding carboxylic acids is 1. The third-order valence-electron chi connectivity index (χ3n) is 3.17. The molecule has 1 amide bonds. The van der Waals surface area contributed by atoms with Crippen LogP contribution < -0.4 is 0 Å². The van der Waals surface area contributed by atoms with Crippen LogP contribution in [-0.2, 0) is 16.1 Å². The van der Waals surface area contributed by atoms with E-state index in [4.69, 9.17) is 16.4 Å². The summed E-state index contributed by atoms with van der Waals surface area (Å²) in [6.45, 7) is 5.61. The van der Waals surface area contributed by atoms with Crippen molar-refractivity contribution in [1.29, 1.82) is 0 Å². The summed E-state index contributed by atoms with van der Waals surface area (Å²) in [6, 6.07) is 7.86. The van der Waals surface area contributed by atoms with Crippen LogP contribution >= 0.6 is 11.6 Å². The molecule has 1 rings (SSSR count). The van der Waals surface area contributed by atoms with Gasteiger partial charge in [0.1, 0.15) is 0 Å². The van der Waals surface area contributed by atoms with Crippen molar-refractivity contribution in [2.45, 2.75) is 18.7 Å². The van der Waals surface area contributed by atoms with Gasteiger partial charge in [-0.15, -0.1) is 11.6 Å². The van der Waals surface area contributed by atoms with Gasteiger partial charge < -0.3 is 0 Å². The molecule has 0 bridgehead atoms. The molecule has 0 aromatic heterocycles. The second-order valence-electron chi connectivity index (χ2n) is 4.41. The zero-order chi connectivity index (χ0) is 14.4. The molecule has 104 valence electrons. The summed E-state index contributed by atoms with van der Waals surface area (Å²) in [5.74, 6) is -0.448. The molecular weight excluding hydrogens is 262 g/mol. The minimum absolute atomic E-state index is 0.121. The number of amides is 1. The first-order valence-corrected chi connectivity index (χ1v) is 6.61. The Labute approximate surface area is 119 Å². The first-order valence-electron chi connectivity index (χ1n) is 6.17. The van der Waals surface area contributed by atoms with Crippen LogP contribution in [0.25, 0.3) is 6.08 Å². The number of hydroxylamine groups is 2. The van der Waals surface area contributed by atoms with E-state index < -0.39 is 0 Å². The number of nitrogens with zero attached hydrogens (tertiary/aromatic N) is 1. The third kappa shape index (κ3) is 4.08. The van der Waals surface area contributed by atoms with Crippen molar-refractivity contribution in [3.05, 3.63) is 42.0 Å². The molecule has 1 aromatic carbocycles. The number of hydrogen-bond acceptors (Lipinski definition) is 2. The molecular formula is C15H20ClNO2. The van der Waals surface area contributed by atoms with Gasteiger partial charge in [-0.05, 0) is 24.5 Å². The smallest absolute Gasteiger partial charge is 0.250 e. The maximum Gasteiger partial charge on any atom is 0.250 e. The van der Waals surface area contributed by atoms with E-state index in [9.17, 15) is 4.79 Å². The minimum Gasteiger partial charge on any atom is -0.275 e. The molecule has 0 saturated heterocycles. The molecule has 2 atom stereocenters. The van der Waals surface area contributed by atoms with Crippen LogP contribution in [0.2, 0.25) is 0 Å². The Balaban J connectivity index is 2.96. The van der Waals surface area contributed by atoms with E-state index in [1.807, 2.05) is 31.2 Å². The maximum atomic E-state index is 12.2. The summed E-state index contributed by atoms with van der Waals surface area (Å²) in [7, 11) is 3.06. The number of hydrogen-bond donors (Lipinski definition) is 0. The summed E-state index contributed by atoms with van der Waals surface area (Å²) in [6.07, 6.45) is 2.36. The molecule has 4 heteroatoms. The Bertz CT molecular complexity index is 446. The lowest BCUT2D eigenvalue weighted by molar-refractivity contribution is -0.173. The quantitative estimate of drug-likeness (QED) is 0.592. The van der Waals surface area contributed by atoms with Crippen molar-refractivity contribution < 1.29 is 9.63 Å². The highest BCUT2D eigenvalue weighted by Gasteiger charge is 2.27. The van der Waals surface area contributed by atoms with Gasteiger partial charge in [-0.25, -0.2) is 5.06 Å². The predicted octanol–water partition coefficient (Wildman–Crippen LogP) is 3.14. The van der Waals surface area contributed by atoms with Crippen molar-refractivity contribution in [3.8, 4) is 0 Å². The van der Waals surface area contributed by atoms with Gasteiger partial charge in [0, 0.05) is 12.4 Å². The average Bonchev–Trinajstić information content (AvgIpc) is 2.43. The molecule has 2 unspecified atom stereocenters. The normalized spacial score (nSPS) is 13.7. The molecule has 19 heavy (non-hydrogen) atoms. The summed E-state index contributed by atoms with van der Waals surface area (Å²) in [4.78, 5) is 17.2. The Hall–Kier alpha value is -1.32. The Morgan fingerprint density at radius 3 is 2.68 bits per heavy atom. The Morgan fingerprint density at radius 2 is 2.16 bits per heavy atom. The van der Waals surface area contributed by atoms with E-state index >= 15 is 0 Å². The van der Waals surface area contributed by atoms with Gasteiger partial charge in [0.05, 0.1) is 13.0 Å². The van der Waals surface area contributed by atoms with Crippen LogP contribution in [0.1, 0.15) is 18.1 Å². The molecule has 0 heterocycles. The molecule has 0 aliphatic carbocycles. The van der Waals surface area contributed by atoms with Crippen LogP contribution in [0, 0.1) is 5.92 Å². The summed E-state index contributed by atoms with van der Waals surface area (Å²) in [5.41, 5.74) is 2.09. The van der Waals surface area contributed by atoms with Crippen molar-refractivity contribution in [1.82, 2.24) is 5.06 Å². The summed E-state index contributed by atoms with van der Waals surface area (Å²) in [5, 5.41) is 0.947. The monoisotopic (exact) mass is 281 g/mol. The number of carbonyl (C=O) groups is 1. The number of benzene rings is 1. The van der Waals surface area contributed by atoms with E-state index in [1.54, 1.807) is 13.1 Å². The van der Waals surface area contributed by atoms with Crippen LogP contribution in [0.4, 0.5) is 0 Å². The molecule has 0 aliphatic heterocycles. The zero-order valence-electron chi connectivity index (χ0n) is 11.6. The van der Waals surface area contributed by atoms with E-state index in [0.29, 0.717) is 6.42 Å². The van der Waals surface area contributed by atoms with Gasteiger partial charge in [-0.3, -0.25) is 9.63 Å². The summed E-state index contributed by atoms with van der Waals surface area (Å²) >= 11 is 6.16. The molecule has 0 radical (unpaired) electrons. The minimum atomic E-state index is -0.326. The van der Waals surface area contributed by atoms with Gasteiger partial charge in [0.2, 0.25) is 0 Å². The van der Waals surface area contributed by atoms with Gasteiger partial charge in [0.25, 0.3) is 5.91 Å². The van der Waals surface area contributed by atoms with Crippen molar-refractivity contribution in [3.63, 3.8) is 0 Å². The van der Waals surface area contributed by atoms with Crippen molar-refractivity contribution in [2.24, 2.45) is 5.92 Å². The second-order valence-corrected chi connectivity index (χ2v) is 5.10. The molecule has 0 N–H and O–H groups in total. The molecule has 0 spiro atoms. The highest BCUT2D eigenvalue weighted by Crippen LogP contribution is 2.22. The lowest BCUT2D eigenvalue weighted by atomic mass is 9.92. The first kappa shape index (κ1) is 15.7. The first-order chi connectivity index (χ1) is 9.01. The fourth-order valence-corrected chi connectivity index (χ4v) is 2.12. The molecule has 0 fully saturated rings. The summed E-state index contributed by atoms with van der Waals surface area (Å²) < 4.78 is 0. The lowest BCUT2D eigenvalue weighted by Crippen LogP contribution is -2.37. The zero-order valence-corrected chi connectivity index (χ0v) is 12.4. The maximum absolute atomic E-state index is 12.2. The third-order valence-corrected chi connectivity index (χ3v) is 3.47. The van der Waals surface area contributed by atoms with Gasteiger partial charge in [0.15, 0.2) is 0 Å². The lowest BCUT2D eigenvalue weighted by Gasteiger charge is -2.24. The predicted molar refractivity (Wildman–Crippen MR) is 78.8 cm³/mol. The molecule has 0 aliphatic rings. The van der Waals surface area contributed by atoms with Gasteiger partial charge >= 0.3 is 0 Å². The fraction of sp³-hybridized carbons (Fsp3) is 0.400. The van der Waals surface area contributed by atoms with E-state index in [-0.39, 0.29) is 17.2 Å². The molecule has 3 nitrogen and oxygen atoms in total. The van der Waals surface area contributed by atoms with Crippen molar-refractivity contribution in [2.75, 3.05) is 14.2 Å². The highest BCUT2D eigenvalue weighted by molar-refractivity contribution is 6.21.